The third kappa shape index (κ3) is 1.43. The second-order valence-electron chi connectivity index (χ2n) is 2.99. The molecular formula is C7H15NO. The van der Waals surface area contributed by atoms with E-state index in [1.807, 2.05) is 0 Å². The maximum absolute atomic E-state index is 7.00. The topological polar surface area (TPSA) is 46.2 Å². The molecule has 2 atom stereocenters. The number of aliphatic hydroxyl groups is 1. The van der Waals surface area contributed by atoms with Crippen LogP contribution in [0.2, 0.25) is 0 Å². The van der Waals surface area contributed by atoms with E-state index in [4.69, 9.17) is 10.8 Å². The Bertz CT molecular complexity index is 84.9. The predicted molar refractivity (Wildman–Crippen MR) is 36.9 cm³/mol. The van der Waals surface area contributed by atoms with E-state index in [-0.39, 0.29) is 0 Å². The van der Waals surface area contributed by atoms with Gasteiger partial charge in [-0.3, -0.25) is 0 Å². The average Bonchev–Trinajstić information content (AvgIpc) is 2.46. The molecule has 0 spiro atoms. The quantitative estimate of drug-likeness (QED) is 0.496. The minimum atomic E-state index is 0.573. The summed E-state index contributed by atoms with van der Waals surface area (Å²) >= 11 is 0. The number of hydrogen-bond donors (Lipinski definition) is 2. The highest BCUT2D eigenvalue weighted by atomic mass is 16.2. The highest BCUT2D eigenvalue weighted by Gasteiger charge is 2.44. The highest BCUT2D eigenvalue weighted by Crippen LogP contribution is 2.50. The van der Waals surface area contributed by atoms with Gasteiger partial charge in [0.05, 0.1) is 0 Å². The van der Waals surface area contributed by atoms with Crippen molar-refractivity contribution < 1.29 is 5.11 Å². The molecule has 0 aromatic heterocycles. The molecule has 2 heteroatoms. The van der Waals surface area contributed by atoms with Crippen LogP contribution < -0.4 is 5.73 Å². The SMILES string of the molecule is CO.NC1CC2CC2C1. The fourth-order valence-corrected chi connectivity index (χ4v) is 1.76. The van der Waals surface area contributed by atoms with Gasteiger partial charge in [-0.25, -0.2) is 0 Å². The van der Waals surface area contributed by atoms with Crippen LogP contribution in [0.3, 0.4) is 0 Å². The molecule has 0 aromatic rings. The van der Waals surface area contributed by atoms with Crippen molar-refractivity contribution in [2.45, 2.75) is 25.3 Å². The van der Waals surface area contributed by atoms with Crippen LogP contribution in [0, 0.1) is 11.8 Å². The fourth-order valence-electron chi connectivity index (χ4n) is 1.76. The molecule has 3 N–H and O–H groups in total. The normalized spacial score (nSPS) is 45.0. The van der Waals surface area contributed by atoms with Gasteiger partial charge in [0.1, 0.15) is 0 Å². The minimum Gasteiger partial charge on any atom is -0.400 e. The van der Waals surface area contributed by atoms with Gasteiger partial charge in [-0.15, -0.1) is 0 Å². The largest absolute Gasteiger partial charge is 0.400 e. The van der Waals surface area contributed by atoms with Gasteiger partial charge in [0.15, 0.2) is 0 Å². The maximum atomic E-state index is 7.00. The Kier molecular flexibility index (Phi) is 2.09. The van der Waals surface area contributed by atoms with E-state index in [1.165, 1.54) is 19.3 Å². The van der Waals surface area contributed by atoms with E-state index in [0.717, 1.165) is 18.9 Å². The van der Waals surface area contributed by atoms with E-state index in [1.54, 1.807) is 0 Å². The molecule has 2 nitrogen and oxygen atoms in total. The summed E-state index contributed by atoms with van der Waals surface area (Å²) in [5.74, 6) is 2.13. The zero-order valence-electron chi connectivity index (χ0n) is 5.88. The van der Waals surface area contributed by atoms with Crippen LogP contribution in [-0.2, 0) is 0 Å². The summed E-state index contributed by atoms with van der Waals surface area (Å²) in [5.41, 5.74) is 5.66. The van der Waals surface area contributed by atoms with Crippen molar-refractivity contribution in [1.82, 2.24) is 0 Å². The Morgan fingerprint density at radius 3 is 1.78 bits per heavy atom. The minimum absolute atomic E-state index is 0.573. The van der Waals surface area contributed by atoms with Crippen LogP contribution in [0.25, 0.3) is 0 Å². The van der Waals surface area contributed by atoms with Gasteiger partial charge in [-0.1, -0.05) is 0 Å². The van der Waals surface area contributed by atoms with Crippen molar-refractivity contribution in [2.24, 2.45) is 17.6 Å². The summed E-state index contributed by atoms with van der Waals surface area (Å²) in [6.07, 6.45) is 4.14. The molecule has 2 fully saturated rings. The molecule has 2 saturated carbocycles. The van der Waals surface area contributed by atoms with Crippen LogP contribution in [0.15, 0.2) is 0 Å². The van der Waals surface area contributed by atoms with E-state index < -0.39 is 0 Å². The summed E-state index contributed by atoms with van der Waals surface area (Å²) in [5, 5.41) is 7.00. The second kappa shape index (κ2) is 2.67. The van der Waals surface area contributed by atoms with Crippen molar-refractivity contribution in [3.05, 3.63) is 0 Å². The zero-order valence-corrected chi connectivity index (χ0v) is 5.88. The number of rotatable bonds is 0. The number of hydrogen-bond acceptors (Lipinski definition) is 2. The van der Waals surface area contributed by atoms with Crippen molar-refractivity contribution in [2.75, 3.05) is 7.11 Å². The van der Waals surface area contributed by atoms with Crippen molar-refractivity contribution in [1.29, 1.82) is 0 Å². The van der Waals surface area contributed by atoms with Gasteiger partial charge in [-0.2, -0.15) is 0 Å². The first-order valence-corrected chi connectivity index (χ1v) is 3.56. The lowest BCUT2D eigenvalue weighted by Crippen LogP contribution is -2.16. The van der Waals surface area contributed by atoms with Crippen molar-refractivity contribution in [3.8, 4) is 0 Å². The molecule has 0 radical (unpaired) electrons. The smallest absolute Gasteiger partial charge is 0.0319 e. The number of aliphatic hydroxyl groups excluding tert-OH is 1. The molecule has 0 heterocycles. The van der Waals surface area contributed by atoms with E-state index in [2.05, 4.69) is 0 Å². The summed E-state index contributed by atoms with van der Waals surface area (Å²) in [7, 11) is 1.00. The molecule has 0 saturated heterocycles. The van der Waals surface area contributed by atoms with E-state index >= 15 is 0 Å². The van der Waals surface area contributed by atoms with Crippen LogP contribution in [-0.4, -0.2) is 18.3 Å². The Balaban J connectivity index is 0.000000186. The summed E-state index contributed by atoms with van der Waals surface area (Å²) in [4.78, 5) is 0. The Morgan fingerprint density at radius 2 is 1.56 bits per heavy atom. The van der Waals surface area contributed by atoms with Crippen molar-refractivity contribution in [3.63, 3.8) is 0 Å². The Hall–Kier alpha value is -0.0800. The number of nitrogens with two attached hydrogens (primary N) is 1. The number of fused-ring (bicyclic) bond motifs is 1. The molecule has 9 heavy (non-hydrogen) atoms. The van der Waals surface area contributed by atoms with Gasteiger partial charge in [-0.05, 0) is 31.1 Å². The molecule has 0 aromatic carbocycles. The van der Waals surface area contributed by atoms with Gasteiger partial charge >= 0.3 is 0 Å². The molecule has 0 amide bonds. The third-order valence-electron chi connectivity index (χ3n) is 2.28. The molecule has 0 aliphatic heterocycles. The average molecular weight is 129 g/mol. The monoisotopic (exact) mass is 129 g/mol. The molecular weight excluding hydrogens is 114 g/mol. The van der Waals surface area contributed by atoms with Crippen molar-refractivity contribution >= 4 is 0 Å². The lowest BCUT2D eigenvalue weighted by Gasteiger charge is -1.99. The van der Waals surface area contributed by atoms with E-state index in [0.29, 0.717) is 6.04 Å². The molecule has 2 rings (SSSR count). The highest BCUT2D eigenvalue weighted by molar-refractivity contribution is 4.97. The Labute approximate surface area is 56.1 Å². The first kappa shape index (κ1) is 7.03. The van der Waals surface area contributed by atoms with Crippen LogP contribution >= 0.6 is 0 Å². The van der Waals surface area contributed by atoms with Crippen LogP contribution in [0.5, 0.6) is 0 Å². The van der Waals surface area contributed by atoms with Crippen LogP contribution in [0.1, 0.15) is 19.3 Å². The van der Waals surface area contributed by atoms with Gasteiger partial charge in [0, 0.05) is 13.2 Å². The zero-order chi connectivity index (χ0) is 6.85. The first-order chi connectivity index (χ1) is 4.36. The Morgan fingerprint density at radius 1 is 1.11 bits per heavy atom. The molecule has 0 bridgehead atoms. The van der Waals surface area contributed by atoms with Gasteiger partial charge in [0.2, 0.25) is 0 Å². The van der Waals surface area contributed by atoms with Gasteiger partial charge in [0.25, 0.3) is 0 Å². The summed E-state index contributed by atoms with van der Waals surface area (Å²) in [6.45, 7) is 0. The molecule has 2 aliphatic carbocycles. The third-order valence-corrected chi connectivity index (χ3v) is 2.28. The van der Waals surface area contributed by atoms with Gasteiger partial charge < -0.3 is 10.8 Å². The van der Waals surface area contributed by atoms with E-state index in [9.17, 15) is 0 Å². The fraction of sp³-hybridized carbons (Fsp3) is 1.00. The summed E-state index contributed by atoms with van der Waals surface area (Å²) in [6, 6.07) is 0.573. The molecule has 54 valence electrons. The lowest BCUT2D eigenvalue weighted by molar-refractivity contribution is 0.399. The summed E-state index contributed by atoms with van der Waals surface area (Å²) < 4.78 is 0. The first-order valence-electron chi connectivity index (χ1n) is 3.56. The van der Waals surface area contributed by atoms with Crippen LogP contribution in [0.4, 0.5) is 0 Å². The standard InChI is InChI=1S/C6H11N.CH4O/c7-6-2-4-1-5(4)3-6;1-2/h4-6H,1-3,7H2;2H,1H3. The molecule has 2 aliphatic rings. The maximum Gasteiger partial charge on any atom is 0.0319 e. The predicted octanol–water partition coefficient (Wildman–Crippen LogP) is 0.352. The lowest BCUT2D eigenvalue weighted by atomic mass is 10.2. The second-order valence-corrected chi connectivity index (χ2v) is 2.99. The molecule has 2 unspecified atom stereocenters.